The number of methoxy groups -OCH3 is 1. The molecule has 1 rings (SSSR count). The molecular formula is C15H23NO2. The average Bonchev–Trinajstić information content (AvgIpc) is 2.33. The van der Waals surface area contributed by atoms with E-state index in [1.165, 1.54) is 0 Å². The Morgan fingerprint density at radius 1 is 1.44 bits per heavy atom. The minimum Gasteiger partial charge on any atom is -0.496 e. The number of carbonyl (C=O) groups excluding carboxylic acids is 1. The third-order valence-electron chi connectivity index (χ3n) is 3.39. The van der Waals surface area contributed by atoms with Gasteiger partial charge in [-0.15, -0.1) is 0 Å². The van der Waals surface area contributed by atoms with Gasteiger partial charge in [-0.25, -0.2) is 0 Å². The van der Waals surface area contributed by atoms with Gasteiger partial charge >= 0.3 is 0 Å². The Balaban J connectivity index is 2.82. The Labute approximate surface area is 110 Å². The number of Topliss-reactive ketones (excluding diaryl/α,β-unsaturated/α-hetero) is 1. The zero-order valence-electron chi connectivity index (χ0n) is 12.0. The van der Waals surface area contributed by atoms with E-state index in [1.807, 2.05) is 13.8 Å². The van der Waals surface area contributed by atoms with Crippen LogP contribution in [0, 0.1) is 19.8 Å². The molecule has 0 saturated carbocycles. The van der Waals surface area contributed by atoms with E-state index in [9.17, 15) is 4.79 Å². The summed E-state index contributed by atoms with van der Waals surface area (Å²) in [4.78, 5) is 16.3. The van der Waals surface area contributed by atoms with Crippen molar-refractivity contribution in [3.63, 3.8) is 0 Å². The Morgan fingerprint density at radius 3 is 2.67 bits per heavy atom. The Kier molecular flexibility index (Phi) is 5.32. The number of hydrogen-bond acceptors (Lipinski definition) is 3. The molecule has 1 aromatic rings. The van der Waals surface area contributed by atoms with Crippen LogP contribution in [0.4, 0.5) is 0 Å². The molecule has 0 fully saturated rings. The van der Waals surface area contributed by atoms with Crippen LogP contribution in [-0.2, 0) is 11.2 Å². The first-order valence-electron chi connectivity index (χ1n) is 6.50. The summed E-state index contributed by atoms with van der Waals surface area (Å²) in [5, 5.41) is 0. The summed E-state index contributed by atoms with van der Waals surface area (Å²) in [7, 11) is 1.65. The summed E-state index contributed by atoms with van der Waals surface area (Å²) in [5.41, 5.74) is 2.83. The number of aromatic nitrogens is 1. The first kappa shape index (κ1) is 14.7. The lowest BCUT2D eigenvalue weighted by atomic mass is 9.98. The second-order valence-corrected chi connectivity index (χ2v) is 4.98. The van der Waals surface area contributed by atoms with Crippen molar-refractivity contribution in [3.8, 4) is 5.75 Å². The molecule has 1 unspecified atom stereocenters. The highest BCUT2D eigenvalue weighted by molar-refractivity contribution is 5.81. The lowest BCUT2D eigenvalue weighted by Gasteiger charge is -2.12. The predicted octanol–water partition coefficient (Wildman–Crippen LogP) is 3.25. The zero-order chi connectivity index (χ0) is 13.7. The van der Waals surface area contributed by atoms with Crippen molar-refractivity contribution in [2.45, 2.75) is 47.0 Å². The molecule has 3 nitrogen and oxygen atoms in total. The number of ketones is 1. The topological polar surface area (TPSA) is 39.2 Å². The monoisotopic (exact) mass is 249 g/mol. The molecule has 1 aromatic heterocycles. The highest BCUT2D eigenvalue weighted by Gasteiger charge is 2.14. The lowest BCUT2D eigenvalue weighted by molar-refractivity contribution is -0.119. The summed E-state index contributed by atoms with van der Waals surface area (Å²) in [5.74, 6) is 1.55. The van der Waals surface area contributed by atoms with Gasteiger partial charge in [0.2, 0.25) is 0 Å². The SMILES string of the molecule is CCC(C)CC(=O)Cc1ncc(C)c(OC)c1C. The van der Waals surface area contributed by atoms with Crippen LogP contribution in [0.1, 0.15) is 43.5 Å². The van der Waals surface area contributed by atoms with Crippen molar-refractivity contribution >= 4 is 5.78 Å². The fraction of sp³-hybridized carbons (Fsp3) is 0.600. The van der Waals surface area contributed by atoms with E-state index >= 15 is 0 Å². The molecule has 0 aliphatic heterocycles. The molecule has 0 saturated heterocycles. The van der Waals surface area contributed by atoms with Crippen LogP contribution < -0.4 is 4.74 Å². The van der Waals surface area contributed by atoms with E-state index in [2.05, 4.69) is 18.8 Å². The lowest BCUT2D eigenvalue weighted by Crippen LogP contribution is -2.11. The molecule has 100 valence electrons. The van der Waals surface area contributed by atoms with E-state index in [0.29, 0.717) is 18.8 Å². The predicted molar refractivity (Wildman–Crippen MR) is 73.0 cm³/mol. The smallest absolute Gasteiger partial charge is 0.139 e. The summed E-state index contributed by atoms with van der Waals surface area (Å²) in [6.45, 7) is 8.14. The number of pyridine rings is 1. The van der Waals surface area contributed by atoms with Crippen molar-refractivity contribution in [3.05, 3.63) is 23.0 Å². The largest absolute Gasteiger partial charge is 0.496 e. The summed E-state index contributed by atoms with van der Waals surface area (Å²) < 4.78 is 5.35. The molecule has 3 heteroatoms. The maximum Gasteiger partial charge on any atom is 0.139 e. The molecule has 0 spiro atoms. The van der Waals surface area contributed by atoms with Crippen LogP contribution in [0.2, 0.25) is 0 Å². The summed E-state index contributed by atoms with van der Waals surface area (Å²) in [6.07, 6.45) is 3.85. The van der Waals surface area contributed by atoms with Gasteiger partial charge in [-0.2, -0.15) is 0 Å². The number of carbonyl (C=O) groups is 1. The fourth-order valence-electron chi connectivity index (χ4n) is 2.04. The first-order valence-corrected chi connectivity index (χ1v) is 6.50. The van der Waals surface area contributed by atoms with E-state index in [0.717, 1.165) is 29.0 Å². The first-order chi connectivity index (χ1) is 8.49. The number of ether oxygens (including phenoxy) is 1. The fourth-order valence-corrected chi connectivity index (χ4v) is 2.04. The normalized spacial score (nSPS) is 12.3. The van der Waals surface area contributed by atoms with Gasteiger partial charge in [-0.3, -0.25) is 9.78 Å². The summed E-state index contributed by atoms with van der Waals surface area (Å²) >= 11 is 0. The molecule has 0 aromatic carbocycles. The van der Waals surface area contributed by atoms with Gasteiger partial charge < -0.3 is 4.74 Å². The molecule has 0 aliphatic carbocycles. The standard InChI is InChI=1S/C15H23NO2/c1-6-10(2)7-13(17)8-14-12(4)15(18-5)11(3)9-16-14/h9-10H,6-8H2,1-5H3. The molecule has 0 bridgehead atoms. The van der Waals surface area contributed by atoms with Crippen molar-refractivity contribution in [2.24, 2.45) is 5.92 Å². The van der Waals surface area contributed by atoms with Crippen LogP contribution in [0.3, 0.4) is 0 Å². The van der Waals surface area contributed by atoms with Crippen molar-refractivity contribution in [1.82, 2.24) is 4.98 Å². The Morgan fingerprint density at radius 2 is 2.11 bits per heavy atom. The Hall–Kier alpha value is -1.38. The molecule has 18 heavy (non-hydrogen) atoms. The van der Waals surface area contributed by atoms with Gasteiger partial charge in [0.1, 0.15) is 11.5 Å². The third-order valence-corrected chi connectivity index (χ3v) is 3.39. The molecule has 0 N–H and O–H groups in total. The van der Waals surface area contributed by atoms with Gasteiger partial charge in [0.15, 0.2) is 0 Å². The maximum absolute atomic E-state index is 11.9. The minimum absolute atomic E-state index is 0.255. The number of hydrogen-bond donors (Lipinski definition) is 0. The number of nitrogens with zero attached hydrogens (tertiary/aromatic N) is 1. The maximum atomic E-state index is 11.9. The van der Waals surface area contributed by atoms with Gasteiger partial charge in [-0.05, 0) is 19.8 Å². The molecule has 0 amide bonds. The second kappa shape index (κ2) is 6.53. The van der Waals surface area contributed by atoms with Crippen LogP contribution in [-0.4, -0.2) is 17.9 Å². The van der Waals surface area contributed by atoms with Gasteiger partial charge in [0.25, 0.3) is 0 Å². The quantitative estimate of drug-likeness (QED) is 0.777. The van der Waals surface area contributed by atoms with Crippen LogP contribution in [0.15, 0.2) is 6.20 Å². The second-order valence-electron chi connectivity index (χ2n) is 4.98. The van der Waals surface area contributed by atoms with Crippen LogP contribution in [0.25, 0.3) is 0 Å². The van der Waals surface area contributed by atoms with E-state index in [-0.39, 0.29) is 5.78 Å². The zero-order valence-corrected chi connectivity index (χ0v) is 12.0. The molecule has 1 heterocycles. The van der Waals surface area contributed by atoms with Crippen molar-refractivity contribution in [2.75, 3.05) is 7.11 Å². The number of rotatable bonds is 6. The van der Waals surface area contributed by atoms with Crippen LogP contribution in [0.5, 0.6) is 5.75 Å². The number of aryl methyl sites for hydroxylation is 1. The third kappa shape index (κ3) is 3.56. The van der Waals surface area contributed by atoms with Crippen molar-refractivity contribution < 1.29 is 9.53 Å². The van der Waals surface area contributed by atoms with Crippen molar-refractivity contribution in [1.29, 1.82) is 0 Å². The van der Waals surface area contributed by atoms with Crippen LogP contribution >= 0.6 is 0 Å². The molecular weight excluding hydrogens is 226 g/mol. The Bertz CT molecular complexity index is 427. The highest BCUT2D eigenvalue weighted by Crippen LogP contribution is 2.24. The molecule has 0 aliphatic rings. The molecule has 0 radical (unpaired) electrons. The highest BCUT2D eigenvalue weighted by atomic mass is 16.5. The average molecular weight is 249 g/mol. The molecule has 1 atom stereocenters. The van der Waals surface area contributed by atoms with Gasteiger partial charge in [0, 0.05) is 30.2 Å². The van der Waals surface area contributed by atoms with Gasteiger partial charge in [0.05, 0.1) is 12.8 Å². The summed E-state index contributed by atoms with van der Waals surface area (Å²) in [6, 6.07) is 0. The van der Waals surface area contributed by atoms with Gasteiger partial charge in [-0.1, -0.05) is 20.3 Å². The van der Waals surface area contributed by atoms with E-state index in [1.54, 1.807) is 13.3 Å². The van der Waals surface area contributed by atoms with E-state index in [4.69, 9.17) is 4.74 Å². The van der Waals surface area contributed by atoms with E-state index < -0.39 is 0 Å². The minimum atomic E-state index is 0.255.